The predicted molar refractivity (Wildman–Crippen MR) is 115 cm³/mol. The summed E-state index contributed by atoms with van der Waals surface area (Å²) >= 11 is 0. The molecule has 0 spiro atoms. The summed E-state index contributed by atoms with van der Waals surface area (Å²) in [5, 5.41) is 17.2. The SMILES string of the molecule is COc1ccc([C@@H]2N[C@@H](c3ccc(OC)c(OC)c3)[C@@H](C)C(=NO)[C@@H]2C)cc1OC. The zero-order valence-corrected chi connectivity index (χ0v) is 18.3. The van der Waals surface area contributed by atoms with Crippen LogP contribution in [0, 0.1) is 11.8 Å². The summed E-state index contributed by atoms with van der Waals surface area (Å²) in [6, 6.07) is 11.6. The van der Waals surface area contributed by atoms with Crippen LogP contribution in [0.1, 0.15) is 37.1 Å². The lowest BCUT2D eigenvalue weighted by Gasteiger charge is -2.41. The zero-order valence-electron chi connectivity index (χ0n) is 18.3. The van der Waals surface area contributed by atoms with Crippen LogP contribution in [0.25, 0.3) is 0 Å². The van der Waals surface area contributed by atoms with Gasteiger partial charge in [0.1, 0.15) is 0 Å². The van der Waals surface area contributed by atoms with Crippen LogP contribution >= 0.6 is 0 Å². The van der Waals surface area contributed by atoms with E-state index in [1.807, 2.05) is 36.4 Å². The number of nitrogens with one attached hydrogen (secondary N) is 1. The van der Waals surface area contributed by atoms with E-state index in [2.05, 4.69) is 24.3 Å². The van der Waals surface area contributed by atoms with Crippen LogP contribution < -0.4 is 24.3 Å². The van der Waals surface area contributed by atoms with Gasteiger partial charge in [-0.15, -0.1) is 0 Å². The third-order valence-corrected chi connectivity index (χ3v) is 5.94. The van der Waals surface area contributed by atoms with Gasteiger partial charge in [-0.3, -0.25) is 0 Å². The highest BCUT2D eigenvalue weighted by atomic mass is 16.5. The Balaban J connectivity index is 2.03. The van der Waals surface area contributed by atoms with Gasteiger partial charge < -0.3 is 29.5 Å². The molecule has 3 rings (SSSR count). The molecular formula is C23H30N2O5. The van der Waals surface area contributed by atoms with Gasteiger partial charge in [0.05, 0.1) is 34.2 Å². The first-order valence-corrected chi connectivity index (χ1v) is 9.90. The predicted octanol–water partition coefficient (Wildman–Crippen LogP) is 4.21. The molecule has 0 aliphatic carbocycles. The van der Waals surface area contributed by atoms with Crippen LogP contribution in [-0.2, 0) is 0 Å². The minimum absolute atomic E-state index is 0.0144. The molecule has 1 aliphatic heterocycles. The topological polar surface area (TPSA) is 81.5 Å². The number of rotatable bonds is 6. The molecule has 2 aromatic carbocycles. The third kappa shape index (κ3) is 3.89. The molecule has 4 atom stereocenters. The highest BCUT2D eigenvalue weighted by molar-refractivity contribution is 5.90. The van der Waals surface area contributed by atoms with Crippen LogP contribution in [-0.4, -0.2) is 39.4 Å². The molecule has 7 nitrogen and oxygen atoms in total. The number of oxime groups is 1. The molecule has 2 N–H and O–H groups in total. The van der Waals surface area contributed by atoms with E-state index in [9.17, 15) is 5.21 Å². The average molecular weight is 415 g/mol. The molecule has 1 heterocycles. The first-order chi connectivity index (χ1) is 14.5. The maximum atomic E-state index is 9.80. The van der Waals surface area contributed by atoms with E-state index < -0.39 is 0 Å². The molecule has 30 heavy (non-hydrogen) atoms. The normalized spacial score (nSPS) is 23.6. The summed E-state index contributed by atoms with van der Waals surface area (Å²) in [5.41, 5.74) is 2.80. The average Bonchev–Trinajstić information content (AvgIpc) is 2.78. The fourth-order valence-electron chi connectivity index (χ4n) is 4.28. The van der Waals surface area contributed by atoms with Crippen molar-refractivity contribution >= 4 is 5.71 Å². The Bertz CT molecular complexity index is 845. The van der Waals surface area contributed by atoms with Crippen molar-refractivity contribution in [3.63, 3.8) is 0 Å². The number of hydrogen-bond donors (Lipinski definition) is 2. The minimum atomic E-state index is -0.0787. The summed E-state index contributed by atoms with van der Waals surface area (Å²) in [4.78, 5) is 0. The van der Waals surface area contributed by atoms with E-state index in [4.69, 9.17) is 18.9 Å². The van der Waals surface area contributed by atoms with Crippen LogP contribution in [0.5, 0.6) is 23.0 Å². The Morgan fingerprint density at radius 3 is 1.43 bits per heavy atom. The molecule has 0 bridgehead atoms. The summed E-state index contributed by atoms with van der Waals surface area (Å²) in [7, 11) is 6.47. The summed E-state index contributed by atoms with van der Waals surface area (Å²) < 4.78 is 21.7. The van der Waals surface area contributed by atoms with Gasteiger partial charge in [-0.05, 0) is 35.4 Å². The molecule has 0 aromatic heterocycles. The Morgan fingerprint density at radius 2 is 1.10 bits per heavy atom. The van der Waals surface area contributed by atoms with Gasteiger partial charge in [0.15, 0.2) is 23.0 Å². The molecule has 2 aromatic rings. The molecule has 1 fully saturated rings. The van der Waals surface area contributed by atoms with E-state index in [0.29, 0.717) is 23.0 Å². The Labute approximate surface area is 177 Å². The monoisotopic (exact) mass is 414 g/mol. The van der Waals surface area contributed by atoms with Gasteiger partial charge >= 0.3 is 0 Å². The summed E-state index contributed by atoms with van der Waals surface area (Å²) in [6.07, 6.45) is 0. The lowest BCUT2D eigenvalue weighted by molar-refractivity contribution is 0.270. The molecule has 0 radical (unpaired) electrons. The Hall–Kier alpha value is -2.93. The molecule has 0 unspecified atom stereocenters. The molecule has 0 saturated carbocycles. The minimum Gasteiger partial charge on any atom is -0.493 e. The summed E-state index contributed by atoms with van der Waals surface area (Å²) in [5.74, 6) is 2.63. The third-order valence-electron chi connectivity index (χ3n) is 5.94. The second-order valence-electron chi connectivity index (χ2n) is 7.45. The van der Waals surface area contributed by atoms with Gasteiger partial charge in [-0.25, -0.2) is 0 Å². The lowest BCUT2D eigenvalue weighted by Crippen LogP contribution is -2.46. The maximum absolute atomic E-state index is 9.80. The highest BCUT2D eigenvalue weighted by Gasteiger charge is 2.39. The number of piperidine rings is 1. The van der Waals surface area contributed by atoms with Crippen LogP contribution in [0.4, 0.5) is 0 Å². The second kappa shape index (κ2) is 9.26. The van der Waals surface area contributed by atoms with Crippen LogP contribution in [0.15, 0.2) is 41.6 Å². The van der Waals surface area contributed by atoms with Gasteiger partial charge in [0.2, 0.25) is 0 Å². The van der Waals surface area contributed by atoms with Gasteiger partial charge in [-0.1, -0.05) is 31.1 Å². The van der Waals surface area contributed by atoms with Crippen LogP contribution in [0.3, 0.4) is 0 Å². The quantitative estimate of drug-likeness (QED) is 0.544. The van der Waals surface area contributed by atoms with Gasteiger partial charge in [0.25, 0.3) is 0 Å². The molecule has 1 saturated heterocycles. The number of nitrogens with zero attached hydrogens (tertiary/aromatic N) is 1. The fraction of sp³-hybridized carbons (Fsp3) is 0.435. The maximum Gasteiger partial charge on any atom is 0.161 e. The first kappa shape index (κ1) is 21.8. The van der Waals surface area contributed by atoms with Crippen molar-refractivity contribution in [2.24, 2.45) is 17.0 Å². The van der Waals surface area contributed by atoms with E-state index in [1.54, 1.807) is 28.4 Å². The highest BCUT2D eigenvalue weighted by Crippen LogP contribution is 2.42. The summed E-state index contributed by atoms with van der Waals surface area (Å²) in [6.45, 7) is 4.12. The number of hydrogen-bond acceptors (Lipinski definition) is 7. The standard InChI is InChI=1S/C23H30N2O5/c1-13-21(25-26)14(2)23(16-8-10-18(28-4)20(12-16)30-6)24-22(13)15-7-9-17(27-3)19(11-15)29-5/h7-14,22-24,26H,1-6H3/t13-,14-,22+,23+/m0/s1. The van der Waals surface area contributed by atoms with Crippen molar-refractivity contribution in [3.8, 4) is 23.0 Å². The van der Waals surface area contributed by atoms with Crippen LogP contribution in [0.2, 0.25) is 0 Å². The smallest absolute Gasteiger partial charge is 0.161 e. The molecular weight excluding hydrogens is 384 g/mol. The van der Waals surface area contributed by atoms with E-state index in [0.717, 1.165) is 16.8 Å². The van der Waals surface area contributed by atoms with Crippen molar-refractivity contribution in [2.75, 3.05) is 28.4 Å². The molecule has 162 valence electrons. The van der Waals surface area contributed by atoms with Crippen molar-refractivity contribution in [1.82, 2.24) is 5.32 Å². The number of ether oxygens (including phenoxy) is 4. The van der Waals surface area contributed by atoms with Gasteiger partial charge in [0, 0.05) is 23.9 Å². The molecule has 1 aliphatic rings. The Morgan fingerprint density at radius 1 is 0.700 bits per heavy atom. The fourth-order valence-corrected chi connectivity index (χ4v) is 4.28. The lowest BCUT2D eigenvalue weighted by atomic mass is 9.75. The van der Waals surface area contributed by atoms with E-state index in [-0.39, 0.29) is 23.9 Å². The van der Waals surface area contributed by atoms with Crippen molar-refractivity contribution in [1.29, 1.82) is 0 Å². The van der Waals surface area contributed by atoms with Gasteiger partial charge in [-0.2, -0.15) is 0 Å². The van der Waals surface area contributed by atoms with Crippen molar-refractivity contribution < 1.29 is 24.2 Å². The van der Waals surface area contributed by atoms with Crippen molar-refractivity contribution in [3.05, 3.63) is 47.5 Å². The largest absolute Gasteiger partial charge is 0.493 e. The Kier molecular flexibility index (Phi) is 6.72. The number of benzene rings is 2. The zero-order chi connectivity index (χ0) is 21.8. The van der Waals surface area contributed by atoms with E-state index >= 15 is 0 Å². The van der Waals surface area contributed by atoms with E-state index in [1.165, 1.54) is 0 Å². The molecule has 7 heteroatoms. The second-order valence-corrected chi connectivity index (χ2v) is 7.45. The molecule has 0 amide bonds. The van der Waals surface area contributed by atoms with Crippen molar-refractivity contribution in [2.45, 2.75) is 25.9 Å². The first-order valence-electron chi connectivity index (χ1n) is 9.90. The number of methoxy groups -OCH3 is 4.